The molecule has 1 atom stereocenters. The van der Waals surface area contributed by atoms with Crippen molar-refractivity contribution in [2.75, 3.05) is 65.1 Å². The number of aliphatic hydroxyl groups is 3. The Morgan fingerprint density at radius 2 is 1.48 bits per heavy atom. The number of benzene rings is 1. The van der Waals surface area contributed by atoms with Crippen LogP contribution in [0.3, 0.4) is 0 Å². The molecule has 1 aromatic carbocycles. The Bertz CT molecular complexity index is 517. The Morgan fingerprint density at radius 1 is 1.03 bits per heavy atom. The summed E-state index contributed by atoms with van der Waals surface area (Å²) in [5.74, 6) is -0.911. The zero-order chi connectivity index (χ0) is 24.7. The van der Waals surface area contributed by atoms with E-state index in [9.17, 15) is 9.90 Å². The van der Waals surface area contributed by atoms with Crippen LogP contribution in [0.4, 0.5) is 5.69 Å². The van der Waals surface area contributed by atoms with Crippen molar-refractivity contribution in [1.82, 2.24) is 0 Å². The normalized spacial score (nSPS) is 10.4. The average Bonchev–Trinajstić information content (AvgIpc) is 2.79. The Hall–Kier alpha value is -1.79. The third-order valence-electron chi connectivity index (χ3n) is 3.47. The van der Waals surface area contributed by atoms with E-state index in [0.29, 0.717) is 31.8 Å². The molecule has 184 valence electrons. The molecule has 0 saturated carbocycles. The number of hydrogen-bond donors (Lipinski definition) is 7. The fourth-order valence-corrected chi connectivity index (χ4v) is 1.85. The lowest BCUT2D eigenvalue weighted by atomic mass is 10.0. The fraction of sp³-hybridized carbons (Fsp3) is 0.667. The van der Waals surface area contributed by atoms with Gasteiger partial charge >= 0.3 is 5.97 Å². The van der Waals surface area contributed by atoms with Crippen LogP contribution in [-0.4, -0.2) is 86.6 Å². The van der Waals surface area contributed by atoms with E-state index in [1.807, 2.05) is 38.1 Å². The average molecular weight is 449 g/mol. The summed E-state index contributed by atoms with van der Waals surface area (Å²) in [5.41, 5.74) is 16.4. The van der Waals surface area contributed by atoms with Crippen molar-refractivity contribution < 1.29 is 30.0 Å². The molecule has 0 spiro atoms. The van der Waals surface area contributed by atoms with Crippen LogP contribution in [0.5, 0.6) is 0 Å². The number of hydrogen-bond acceptors (Lipinski definition) is 9. The van der Waals surface area contributed by atoms with Gasteiger partial charge in [0.1, 0.15) is 0 Å². The van der Waals surface area contributed by atoms with E-state index >= 15 is 0 Å². The summed E-state index contributed by atoms with van der Waals surface area (Å²) in [5, 5.41) is 32.5. The summed E-state index contributed by atoms with van der Waals surface area (Å²) >= 11 is 0. The minimum atomic E-state index is -0.911. The fourth-order valence-electron chi connectivity index (χ4n) is 1.85. The third-order valence-corrected chi connectivity index (χ3v) is 3.47. The summed E-state index contributed by atoms with van der Waals surface area (Å²) in [6.07, 6.45) is 1.84. The van der Waals surface area contributed by atoms with Gasteiger partial charge in [-0.05, 0) is 37.1 Å². The highest BCUT2D eigenvalue weighted by Gasteiger charge is 2.17. The maximum atomic E-state index is 11.3. The second-order valence-electron chi connectivity index (χ2n) is 6.37. The Labute approximate surface area is 186 Å². The number of nitrogens with zero attached hydrogens (tertiary/aromatic N) is 1. The van der Waals surface area contributed by atoms with Gasteiger partial charge in [-0.1, -0.05) is 13.3 Å². The molecule has 0 bridgehead atoms. The molecule has 0 amide bonds. The maximum Gasteiger partial charge on any atom is 0.336 e. The summed E-state index contributed by atoms with van der Waals surface area (Å²) in [6, 6.07) is 5.35. The molecule has 0 aliphatic heterocycles. The molecule has 10 nitrogen and oxygen atoms in total. The monoisotopic (exact) mass is 448 g/mol. The quantitative estimate of drug-likeness (QED) is 0.242. The Balaban J connectivity index is -0.000000537. The van der Waals surface area contributed by atoms with Crippen molar-refractivity contribution in [3.63, 3.8) is 0 Å². The molecular weight excluding hydrogens is 404 g/mol. The Morgan fingerprint density at radius 3 is 1.81 bits per heavy atom. The van der Waals surface area contributed by atoms with E-state index in [2.05, 4.69) is 6.92 Å². The van der Waals surface area contributed by atoms with Crippen molar-refractivity contribution in [2.24, 2.45) is 17.2 Å². The maximum absolute atomic E-state index is 11.3. The molecule has 31 heavy (non-hydrogen) atoms. The molecule has 10 N–H and O–H groups in total. The first-order valence-electron chi connectivity index (χ1n) is 10.3. The highest BCUT2D eigenvalue weighted by Crippen LogP contribution is 2.26. The topological polar surface area (TPSA) is 189 Å². The van der Waals surface area contributed by atoms with E-state index in [4.69, 9.17) is 37.3 Å². The highest BCUT2D eigenvalue weighted by molar-refractivity contribution is 5.90. The first-order chi connectivity index (χ1) is 14.7. The van der Waals surface area contributed by atoms with E-state index in [0.717, 1.165) is 24.1 Å². The molecule has 0 heterocycles. The highest BCUT2D eigenvalue weighted by atomic mass is 16.5. The minimum absolute atomic E-state index is 0.0972. The second kappa shape index (κ2) is 24.5. The van der Waals surface area contributed by atoms with Crippen LogP contribution in [0.25, 0.3) is 0 Å². The van der Waals surface area contributed by atoms with Gasteiger partial charge in [0.05, 0.1) is 31.5 Å². The number of carbonyl (C=O) groups is 1. The van der Waals surface area contributed by atoms with Gasteiger partial charge in [-0.2, -0.15) is 0 Å². The number of anilines is 1. The number of ether oxygens (including phenoxy) is 1. The van der Waals surface area contributed by atoms with Gasteiger partial charge in [-0.3, -0.25) is 0 Å². The second-order valence-corrected chi connectivity index (χ2v) is 6.37. The molecule has 1 unspecified atom stereocenters. The van der Waals surface area contributed by atoms with Crippen LogP contribution in [0.1, 0.15) is 48.7 Å². The van der Waals surface area contributed by atoms with Gasteiger partial charge in [0.25, 0.3) is 0 Å². The third kappa shape index (κ3) is 19.9. The first kappa shape index (κ1) is 33.8. The summed E-state index contributed by atoms with van der Waals surface area (Å²) in [6.45, 7) is 6.07. The van der Waals surface area contributed by atoms with Gasteiger partial charge in [0.15, 0.2) is 0 Å². The van der Waals surface area contributed by atoms with Crippen molar-refractivity contribution in [3.8, 4) is 0 Å². The molecule has 1 aromatic rings. The van der Waals surface area contributed by atoms with Crippen LogP contribution >= 0.6 is 0 Å². The standard InChI is InChI=1S/C15H23NO3.3C2H7NO/c1-5-6-9-19-11(2)14-10-12(16(3)4)7-8-13(14)15(17)18;3*3-1-2-4/h7-8,10-11H,5-6,9H2,1-4H3,(H,17,18);3*4H,1-3H2. The zero-order valence-electron chi connectivity index (χ0n) is 19.5. The van der Waals surface area contributed by atoms with Gasteiger partial charge < -0.3 is 47.3 Å². The molecule has 0 fully saturated rings. The van der Waals surface area contributed by atoms with Crippen molar-refractivity contribution >= 4 is 11.7 Å². The summed E-state index contributed by atoms with van der Waals surface area (Å²) in [7, 11) is 3.87. The zero-order valence-corrected chi connectivity index (χ0v) is 19.5. The SMILES string of the molecule is CCCCOC(C)c1cc(N(C)C)ccc1C(=O)O.NCCO.NCCO.NCCO. The van der Waals surface area contributed by atoms with Gasteiger partial charge in [0.2, 0.25) is 0 Å². The summed E-state index contributed by atoms with van der Waals surface area (Å²) in [4.78, 5) is 13.2. The lowest BCUT2D eigenvalue weighted by Crippen LogP contribution is -2.13. The molecule has 0 aliphatic carbocycles. The van der Waals surface area contributed by atoms with Crippen LogP contribution in [0.15, 0.2) is 18.2 Å². The Kier molecular flexibility index (Phi) is 26.7. The van der Waals surface area contributed by atoms with Crippen molar-refractivity contribution in [3.05, 3.63) is 29.3 Å². The van der Waals surface area contributed by atoms with E-state index in [1.54, 1.807) is 6.07 Å². The molecule has 0 radical (unpaired) electrons. The lowest BCUT2D eigenvalue weighted by molar-refractivity contribution is 0.0584. The largest absolute Gasteiger partial charge is 0.478 e. The molecule has 1 rings (SSSR count). The van der Waals surface area contributed by atoms with Crippen molar-refractivity contribution in [2.45, 2.75) is 32.8 Å². The van der Waals surface area contributed by atoms with E-state index in [-0.39, 0.29) is 25.9 Å². The molecule has 0 aliphatic rings. The number of rotatable bonds is 10. The smallest absolute Gasteiger partial charge is 0.336 e. The van der Waals surface area contributed by atoms with Gasteiger partial charge in [-0.25, -0.2) is 4.79 Å². The van der Waals surface area contributed by atoms with Crippen molar-refractivity contribution in [1.29, 1.82) is 0 Å². The number of aliphatic hydroxyl groups excluding tert-OH is 3. The molecule has 10 heteroatoms. The van der Waals surface area contributed by atoms with E-state index in [1.165, 1.54) is 0 Å². The van der Waals surface area contributed by atoms with Crippen LogP contribution < -0.4 is 22.1 Å². The predicted octanol–water partition coefficient (Wildman–Crippen LogP) is 0.141. The van der Waals surface area contributed by atoms with E-state index < -0.39 is 5.97 Å². The van der Waals surface area contributed by atoms with Crippen LogP contribution in [0.2, 0.25) is 0 Å². The number of carboxylic acid groups (broad SMARTS) is 1. The molecule has 0 saturated heterocycles. The number of carboxylic acids is 1. The minimum Gasteiger partial charge on any atom is -0.478 e. The summed E-state index contributed by atoms with van der Waals surface area (Å²) < 4.78 is 5.71. The first-order valence-corrected chi connectivity index (χ1v) is 10.3. The lowest BCUT2D eigenvalue weighted by Gasteiger charge is -2.19. The number of unbranched alkanes of at least 4 members (excludes halogenated alkanes) is 1. The van der Waals surface area contributed by atoms with Gasteiger partial charge in [0, 0.05) is 46.0 Å². The molecular formula is C21H44N4O6. The predicted molar refractivity (Wildman–Crippen MR) is 125 cm³/mol. The van der Waals surface area contributed by atoms with Crippen LogP contribution in [-0.2, 0) is 4.74 Å². The molecule has 0 aromatic heterocycles. The van der Waals surface area contributed by atoms with Crippen LogP contribution in [0, 0.1) is 0 Å². The number of aromatic carboxylic acids is 1. The number of nitrogens with two attached hydrogens (primary N) is 3. The van der Waals surface area contributed by atoms with Gasteiger partial charge in [-0.15, -0.1) is 0 Å².